The fourth-order valence-electron chi connectivity index (χ4n) is 2.73. The van der Waals surface area contributed by atoms with Crippen LogP contribution in [0, 0.1) is 0 Å². The van der Waals surface area contributed by atoms with Crippen LogP contribution in [-0.4, -0.2) is 17.7 Å². The zero-order valence-electron chi connectivity index (χ0n) is 13.6. The second-order valence-corrected chi connectivity index (χ2v) is 6.19. The van der Waals surface area contributed by atoms with E-state index in [-0.39, 0.29) is 6.42 Å². The van der Waals surface area contributed by atoms with E-state index in [1.165, 1.54) is 51.4 Å². The Morgan fingerprint density at radius 1 is 0.810 bits per heavy atom. The standard InChI is InChI=1S/C17H30O4/c1-3-4-5-6-7-8-9-10-11-12-13-17(2)20-15(18)14-16(19)21-17/h3-14H2,1-2H3. The molecule has 122 valence electrons. The van der Waals surface area contributed by atoms with Gasteiger partial charge >= 0.3 is 11.9 Å². The number of cyclic esters (lactones) is 2. The lowest BCUT2D eigenvalue weighted by Gasteiger charge is -2.32. The molecule has 0 unspecified atom stereocenters. The van der Waals surface area contributed by atoms with Gasteiger partial charge in [-0.2, -0.15) is 0 Å². The summed E-state index contributed by atoms with van der Waals surface area (Å²) in [5, 5.41) is 0. The number of carbonyl (C=O) groups is 2. The summed E-state index contributed by atoms with van der Waals surface area (Å²) in [6, 6.07) is 0. The van der Waals surface area contributed by atoms with Gasteiger partial charge in [0.1, 0.15) is 6.42 Å². The van der Waals surface area contributed by atoms with Crippen molar-refractivity contribution >= 4 is 11.9 Å². The summed E-state index contributed by atoms with van der Waals surface area (Å²) < 4.78 is 10.3. The van der Waals surface area contributed by atoms with Crippen LogP contribution < -0.4 is 0 Å². The molecule has 0 spiro atoms. The van der Waals surface area contributed by atoms with Gasteiger partial charge in [-0.25, -0.2) is 0 Å². The number of carbonyl (C=O) groups excluding carboxylic acids is 2. The summed E-state index contributed by atoms with van der Waals surface area (Å²) in [5.74, 6) is -1.98. The minimum absolute atomic E-state index is 0.256. The number of hydrogen-bond acceptors (Lipinski definition) is 4. The molecule has 0 saturated carbocycles. The quantitative estimate of drug-likeness (QED) is 0.320. The maximum Gasteiger partial charge on any atom is 0.320 e. The molecule has 1 heterocycles. The molecule has 1 aliphatic rings. The van der Waals surface area contributed by atoms with Gasteiger partial charge in [-0.3, -0.25) is 9.59 Å². The Balaban J connectivity index is 1.98. The fraction of sp³-hybridized carbons (Fsp3) is 0.882. The Kier molecular flexibility index (Phi) is 8.40. The second-order valence-electron chi connectivity index (χ2n) is 6.19. The van der Waals surface area contributed by atoms with Crippen LogP contribution in [-0.2, 0) is 19.1 Å². The molecule has 1 aliphatic heterocycles. The van der Waals surface area contributed by atoms with E-state index in [4.69, 9.17) is 9.47 Å². The lowest BCUT2D eigenvalue weighted by atomic mass is 10.0. The van der Waals surface area contributed by atoms with E-state index in [0.717, 1.165) is 12.8 Å². The van der Waals surface area contributed by atoms with Gasteiger partial charge in [-0.05, 0) is 6.42 Å². The predicted octanol–water partition coefficient (Wildman–Crippen LogP) is 4.50. The molecular formula is C17H30O4. The maximum atomic E-state index is 11.2. The van der Waals surface area contributed by atoms with Crippen LogP contribution >= 0.6 is 0 Å². The SMILES string of the molecule is CCCCCCCCCCCCC1(C)OC(=O)CC(=O)O1. The van der Waals surface area contributed by atoms with Crippen LogP contribution in [0.25, 0.3) is 0 Å². The van der Waals surface area contributed by atoms with E-state index < -0.39 is 17.7 Å². The molecule has 0 amide bonds. The molecule has 4 heteroatoms. The van der Waals surface area contributed by atoms with Crippen molar-refractivity contribution in [2.75, 3.05) is 0 Å². The zero-order valence-corrected chi connectivity index (χ0v) is 13.6. The molecule has 0 radical (unpaired) electrons. The Bertz CT molecular complexity index is 309. The monoisotopic (exact) mass is 298 g/mol. The number of unbranched alkanes of at least 4 members (excludes halogenated alkanes) is 9. The van der Waals surface area contributed by atoms with E-state index >= 15 is 0 Å². The smallest absolute Gasteiger partial charge is 0.320 e. The van der Waals surface area contributed by atoms with Crippen molar-refractivity contribution in [2.45, 2.75) is 96.7 Å². The fourth-order valence-corrected chi connectivity index (χ4v) is 2.73. The number of esters is 2. The minimum atomic E-state index is -1.04. The zero-order chi connectivity index (χ0) is 15.6. The number of rotatable bonds is 11. The maximum absolute atomic E-state index is 11.2. The average molecular weight is 298 g/mol. The molecule has 0 aromatic carbocycles. The Labute approximate surface area is 128 Å². The molecule has 1 rings (SSSR count). The average Bonchev–Trinajstić information content (AvgIpc) is 2.39. The highest BCUT2D eigenvalue weighted by Crippen LogP contribution is 2.26. The number of hydrogen-bond donors (Lipinski definition) is 0. The normalized spacial score (nSPS) is 17.4. The molecule has 0 aliphatic carbocycles. The lowest BCUT2D eigenvalue weighted by Crippen LogP contribution is -2.42. The van der Waals surface area contributed by atoms with Crippen LogP contribution in [0.1, 0.15) is 90.9 Å². The van der Waals surface area contributed by atoms with Crippen LogP contribution in [0.5, 0.6) is 0 Å². The lowest BCUT2D eigenvalue weighted by molar-refractivity contribution is -0.239. The molecule has 4 nitrogen and oxygen atoms in total. The van der Waals surface area contributed by atoms with Crippen molar-refractivity contribution in [3.05, 3.63) is 0 Å². The molecule has 21 heavy (non-hydrogen) atoms. The Morgan fingerprint density at radius 3 is 1.71 bits per heavy atom. The molecule has 0 aromatic rings. The van der Waals surface area contributed by atoms with Gasteiger partial charge in [-0.1, -0.05) is 64.7 Å². The van der Waals surface area contributed by atoms with Gasteiger partial charge < -0.3 is 9.47 Å². The van der Waals surface area contributed by atoms with Crippen molar-refractivity contribution in [2.24, 2.45) is 0 Å². The van der Waals surface area contributed by atoms with Crippen molar-refractivity contribution < 1.29 is 19.1 Å². The number of ether oxygens (including phenoxy) is 2. The van der Waals surface area contributed by atoms with Crippen molar-refractivity contribution in [1.82, 2.24) is 0 Å². The molecule has 0 bridgehead atoms. The summed E-state index contributed by atoms with van der Waals surface area (Å²) in [6.07, 6.45) is 12.9. The van der Waals surface area contributed by atoms with E-state index in [1.807, 2.05) is 0 Å². The predicted molar refractivity (Wildman–Crippen MR) is 81.7 cm³/mol. The molecule has 0 atom stereocenters. The van der Waals surface area contributed by atoms with E-state index in [0.29, 0.717) is 6.42 Å². The van der Waals surface area contributed by atoms with Gasteiger partial charge in [0.25, 0.3) is 5.79 Å². The van der Waals surface area contributed by atoms with Gasteiger partial charge in [0.05, 0.1) is 0 Å². The third-order valence-electron chi connectivity index (χ3n) is 3.93. The van der Waals surface area contributed by atoms with Gasteiger partial charge in [0.2, 0.25) is 0 Å². The van der Waals surface area contributed by atoms with Gasteiger partial charge in [0.15, 0.2) is 0 Å². The second kappa shape index (κ2) is 9.80. The molecule has 0 aromatic heterocycles. The van der Waals surface area contributed by atoms with E-state index in [2.05, 4.69) is 6.92 Å². The van der Waals surface area contributed by atoms with Crippen LogP contribution in [0.15, 0.2) is 0 Å². The Morgan fingerprint density at radius 2 is 1.24 bits per heavy atom. The summed E-state index contributed by atoms with van der Waals surface area (Å²) in [5.41, 5.74) is 0. The largest absolute Gasteiger partial charge is 0.422 e. The molecular weight excluding hydrogens is 268 g/mol. The van der Waals surface area contributed by atoms with Crippen molar-refractivity contribution in [3.63, 3.8) is 0 Å². The molecule has 1 fully saturated rings. The van der Waals surface area contributed by atoms with E-state index in [9.17, 15) is 9.59 Å². The van der Waals surface area contributed by atoms with E-state index in [1.54, 1.807) is 6.92 Å². The molecule has 1 saturated heterocycles. The van der Waals surface area contributed by atoms with Crippen LogP contribution in [0.4, 0.5) is 0 Å². The summed E-state index contributed by atoms with van der Waals surface area (Å²) >= 11 is 0. The van der Waals surface area contributed by atoms with Crippen molar-refractivity contribution in [1.29, 1.82) is 0 Å². The van der Waals surface area contributed by atoms with Gasteiger partial charge in [-0.15, -0.1) is 0 Å². The highest BCUT2D eigenvalue weighted by atomic mass is 16.7. The van der Waals surface area contributed by atoms with Crippen molar-refractivity contribution in [3.8, 4) is 0 Å². The van der Waals surface area contributed by atoms with Gasteiger partial charge in [0, 0.05) is 13.3 Å². The highest BCUT2D eigenvalue weighted by molar-refractivity contribution is 5.93. The first kappa shape index (κ1) is 18.0. The first-order chi connectivity index (χ1) is 10.1. The third-order valence-corrected chi connectivity index (χ3v) is 3.93. The topological polar surface area (TPSA) is 52.6 Å². The Hall–Kier alpha value is -1.06. The summed E-state index contributed by atoms with van der Waals surface area (Å²) in [6.45, 7) is 3.91. The summed E-state index contributed by atoms with van der Waals surface area (Å²) in [4.78, 5) is 22.5. The first-order valence-electron chi connectivity index (χ1n) is 8.49. The highest BCUT2D eigenvalue weighted by Gasteiger charge is 2.38. The minimum Gasteiger partial charge on any atom is -0.422 e. The third kappa shape index (κ3) is 8.08. The van der Waals surface area contributed by atoms with Crippen LogP contribution in [0.2, 0.25) is 0 Å². The first-order valence-corrected chi connectivity index (χ1v) is 8.49. The summed E-state index contributed by atoms with van der Waals surface area (Å²) in [7, 11) is 0. The van der Waals surface area contributed by atoms with Crippen LogP contribution in [0.3, 0.4) is 0 Å². The molecule has 0 N–H and O–H groups in total.